The minimum Gasteiger partial charge on any atom is -0.0893 e. The molecule has 0 amide bonds. The van der Waals surface area contributed by atoms with E-state index in [1.54, 1.807) is 0 Å². The average Bonchev–Trinajstić information content (AvgIpc) is 3.07. The Kier molecular flexibility index (Phi) is 4.64. The van der Waals surface area contributed by atoms with E-state index < -0.39 is 0 Å². The third kappa shape index (κ3) is 3.44. The molecular weight excluding hydrogens is 352 g/mol. The van der Waals surface area contributed by atoms with Gasteiger partial charge in [-0.15, -0.1) is 0 Å². The molecule has 0 saturated carbocycles. The first-order chi connectivity index (χ1) is 12.5. The van der Waals surface area contributed by atoms with Gasteiger partial charge in [0.05, 0.1) is 5.39 Å². The van der Waals surface area contributed by atoms with Crippen LogP contribution >= 0.6 is 22.2 Å². The van der Waals surface area contributed by atoms with Crippen molar-refractivity contribution in [2.24, 2.45) is 0 Å². The fraction of sp³-hybridized carbons (Fsp3) is 0.167. The zero-order valence-electron chi connectivity index (χ0n) is 15.4. The Balaban J connectivity index is 1.73. The van der Waals surface area contributed by atoms with Crippen molar-refractivity contribution in [2.45, 2.75) is 36.0 Å². The molecule has 130 valence electrons. The zero-order chi connectivity index (χ0) is 18.1. The third-order valence-corrected chi connectivity index (χ3v) is 7.68. The van der Waals surface area contributed by atoms with Crippen LogP contribution in [0.25, 0.3) is 15.0 Å². The molecule has 1 heterocycles. The second-order valence-corrected chi connectivity index (χ2v) is 10.5. The molecule has 0 bridgehead atoms. The van der Waals surface area contributed by atoms with Gasteiger partial charge in [-0.1, -0.05) is 68.9 Å². The van der Waals surface area contributed by atoms with Crippen molar-refractivity contribution in [1.82, 2.24) is 0 Å². The van der Waals surface area contributed by atoms with E-state index in [2.05, 4.69) is 105 Å². The molecule has 0 aliphatic heterocycles. The van der Waals surface area contributed by atoms with E-state index in [1.807, 2.05) is 11.8 Å². The van der Waals surface area contributed by atoms with E-state index in [0.717, 1.165) is 0 Å². The van der Waals surface area contributed by atoms with Crippen LogP contribution in [-0.2, 0) is 5.41 Å². The summed E-state index contributed by atoms with van der Waals surface area (Å²) in [6.45, 7) is 6.80. The van der Waals surface area contributed by atoms with Crippen molar-refractivity contribution in [3.63, 3.8) is 0 Å². The van der Waals surface area contributed by atoms with Crippen LogP contribution in [0.1, 0.15) is 26.3 Å². The predicted molar refractivity (Wildman–Crippen MR) is 117 cm³/mol. The molecule has 2 heteroatoms. The van der Waals surface area contributed by atoms with Crippen molar-refractivity contribution in [2.75, 3.05) is 0 Å². The molecule has 3 aromatic carbocycles. The molecule has 26 heavy (non-hydrogen) atoms. The molecule has 0 spiro atoms. The Labute approximate surface area is 162 Å². The van der Waals surface area contributed by atoms with E-state index in [-0.39, 0.29) is 15.9 Å². The van der Waals surface area contributed by atoms with Gasteiger partial charge in [-0.05, 0) is 47.4 Å². The summed E-state index contributed by atoms with van der Waals surface area (Å²) in [5, 5.41) is 3.75. The molecule has 0 aliphatic carbocycles. The van der Waals surface area contributed by atoms with Crippen molar-refractivity contribution in [1.29, 1.82) is 0 Å². The SMILES string of the molecule is CC(C)(C)c1ccc(-[s+]2ccc3c(Sc4ccccc4)cccc32)cc1. The number of rotatable bonds is 3. The van der Waals surface area contributed by atoms with Gasteiger partial charge in [-0.3, -0.25) is 0 Å². The lowest BCUT2D eigenvalue weighted by Gasteiger charge is -2.18. The maximum atomic E-state index is 2.37. The second kappa shape index (κ2) is 6.94. The minimum atomic E-state index is 0.0372. The van der Waals surface area contributed by atoms with E-state index in [9.17, 15) is 0 Å². The third-order valence-electron chi connectivity index (χ3n) is 4.58. The highest BCUT2D eigenvalue weighted by molar-refractivity contribution is 7.99. The predicted octanol–water partition coefficient (Wildman–Crippen LogP) is 8.03. The van der Waals surface area contributed by atoms with E-state index >= 15 is 0 Å². The molecule has 0 radical (unpaired) electrons. The largest absolute Gasteiger partial charge is 0.187 e. The van der Waals surface area contributed by atoms with Crippen LogP contribution in [0.15, 0.2) is 94.0 Å². The van der Waals surface area contributed by atoms with E-state index in [1.165, 1.54) is 30.3 Å². The molecule has 4 rings (SSSR count). The summed E-state index contributed by atoms with van der Waals surface area (Å²) in [7, 11) is 0.0372. The van der Waals surface area contributed by atoms with Gasteiger partial charge in [0.15, 0.2) is 9.60 Å². The van der Waals surface area contributed by atoms with Crippen LogP contribution in [0.2, 0.25) is 0 Å². The van der Waals surface area contributed by atoms with E-state index in [4.69, 9.17) is 0 Å². The Morgan fingerprint density at radius 3 is 2.15 bits per heavy atom. The lowest BCUT2D eigenvalue weighted by Crippen LogP contribution is -2.10. The van der Waals surface area contributed by atoms with E-state index in [0.29, 0.717) is 0 Å². The van der Waals surface area contributed by atoms with Crippen molar-refractivity contribution in [3.8, 4) is 4.90 Å². The quantitative estimate of drug-likeness (QED) is 0.327. The van der Waals surface area contributed by atoms with Gasteiger partial charge in [0.2, 0.25) is 0 Å². The summed E-state index contributed by atoms with van der Waals surface area (Å²) in [5.74, 6) is 0. The number of hydrogen-bond donors (Lipinski definition) is 0. The fourth-order valence-electron chi connectivity index (χ4n) is 3.10. The van der Waals surface area contributed by atoms with Gasteiger partial charge in [-0.25, -0.2) is 0 Å². The van der Waals surface area contributed by atoms with Crippen molar-refractivity contribution >= 4 is 32.3 Å². The first kappa shape index (κ1) is 17.4. The monoisotopic (exact) mass is 375 g/mol. The zero-order valence-corrected chi connectivity index (χ0v) is 17.0. The second-order valence-electron chi connectivity index (χ2n) is 7.50. The van der Waals surface area contributed by atoms with Crippen LogP contribution in [0.3, 0.4) is 0 Å². The summed E-state index contributed by atoms with van der Waals surface area (Å²) < 4.78 is 1.44. The first-order valence-corrected chi connectivity index (χ1v) is 11.0. The summed E-state index contributed by atoms with van der Waals surface area (Å²) in [6, 6.07) is 28.8. The summed E-state index contributed by atoms with van der Waals surface area (Å²) in [5.41, 5.74) is 1.59. The molecule has 1 unspecified atom stereocenters. The number of fused-ring (bicyclic) bond motifs is 1. The van der Waals surface area contributed by atoms with Crippen LogP contribution in [0, 0.1) is 0 Å². The Morgan fingerprint density at radius 1 is 0.731 bits per heavy atom. The van der Waals surface area contributed by atoms with Crippen molar-refractivity contribution in [3.05, 3.63) is 89.8 Å². The fourth-order valence-corrected chi connectivity index (χ4v) is 6.05. The highest BCUT2D eigenvalue weighted by Crippen LogP contribution is 2.44. The maximum absolute atomic E-state index is 2.37. The molecule has 0 nitrogen and oxygen atoms in total. The van der Waals surface area contributed by atoms with Gasteiger partial charge in [0.25, 0.3) is 0 Å². The highest BCUT2D eigenvalue weighted by Gasteiger charge is 2.19. The summed E-state index contributed by atoms with van der Waals surface area (Å²) in [6.07, 6.45) is 0. The van der Waals surface area contributed by atoms with Gasteiger partial charge in [0.1, 0.15) is 5.38 Å². The van der Waals surface area contributed by atoms with Gasteiger partial charge in [0, 0.05) is 26.3 Å². The molecule has 1 aromatic heterocycles. The van der Waals surface area contributed by atoms with Gasteiger partial charge in [-0.2, -0.15) is 0 Å². The lowest BCUT2D eigenvalue weighted by atomic mass is 9.87. The van der Waals surface area contributed by atoms with Crippen LogP contribution < -0.4 is 0 Å². The summed E-state index contributed by atoms with van der Waals surface area (Å²) in [4.78, 5) is 4.02. The van der Waals surface area contributed by atoms with Crippen molar-refractivity contribution < 1.29 is 0 Å². The first-order valence-electron chi connectivity index (χ1n) is 8.90. The molecule has 4 aromatic rings. The molecule has 0 saturated heterocycles. The Bertz CT molecular complexity index is 1020. The standard InChI is InChI=1S/C24H23S2/c1-24(2,3)18-12-14-20(15-13-18)26-17-16-21-22(10-7-11-23(21)26)25-19-8-5-4-6-9-19/h4-17H,1-3H3/q+1. The lowest BCUT2D eigenvalue weighted by molar-refractivity contribution is 0.590. The molecule has 0 aliphatic rings. The maximum Gasteiger partial charge on any atom is 0.187 e. The number of benzene rings is 3. The average molecular weight is 376 g/mol. The highest BCUT2D eigenvalue weighted by atomic mass is 32.2. The minimum absolute atomic E-state index is 0.0372. The molecule has 0 N–H and O–H groups in total. The molecule has 0 fully saturated rings. The number of thiophene rings is 1. The van der Waals surface area contributed by atoms with Crippen LogP contribution in [0.5, 0.6) is 0 Å². The topological polar surface area (TPSA) is 0 Å². The van der Waals surface area contributed by atoms with Gasteiger partial charge < -0.3 is 0 Å². The normalized spacial score (nSPS) is 12.5. The van der Waals surface area contributed by atoms with Crippen LogP contribution in [-0.4, -0.2) is 0 Å². The van der Waals surface area contributed by atoms with Gasteiger partial charge >= 0.3 is 0 Å². The molecule has 1 atom stereocenters. The number of hydrogen-bond acceptors (Lipinski definition) is 1. The Morgan fingerprint density at radius 2 is 1.46 bits per heavy atom. The smallest absolute Gasteiger partial charge is 0.0893 e. The van der Waals surface area contributed by atoms with Crippen LogP contribution in [0.4, 0.5) is 0 Å². The summed E-state index contributed by atoms with van der Waals surface area (Å²) >= 11 is 1.85. The Hall–Kier alpha value is -2.03. The molecular formula is C24H23S2+.